The first-order chi connectivity index (χ1) is 12.7. The van der Waals surface area contributed by atoms with Gasteiger partial charge in [-0.2, -0.15) is 0 Å². The zero-order valence-electron chi connectivity index (χ0n) is 16.3. The number of ketones is 1. The van der Waals surface area contributed by atoms with E-state index in [4.69, 9.17) is 13.9 Å². The molecule has 2 aliphatic heterocycles. The molecule has 0 amide bonds. The Morgan fingerprint density at radius 1 is 1.15 bits per heavy atom. The minimum atomic E-state index is -0.509. The highest BCUT2D eigenvalue weighted by Crippen LogP contribution is 2.49. The van der Waals surface area contributed by atoms with Gasteiger partial charge >= 0.3 is 5.63 Å². The van der Waals surface area contributed by atoms with Crippen LogP contribution in [0.1, 0.15) is 62.5 Å². The van der Waals surface area contributed by atoms with Crippen LogP contribution in [-0.4, -0.2) is 17.5 Å². The van der Waals surface area contributed by atoms with Crippen LogP contribution in [0, 0.1) is 5.92 Å². The number of benzene rings is 1. The lowest BCUT2D eigenvalue weighted by Gasteiger charge is -2.34. The van der Waals surface area contributed by atoms with Crippen LogP contribution in [0.3, 0.4) is 0 Å². The van der Waals surface area contributed by atoms with Crippen LogP contribution in [0.2, 0.25) is 0 Å². The SMILES string of the molecule is CCCc1cc(=O)oc2c3c(c4c(c12)OC(C)(C)C=C4)O[C@@H](C)[C@H](C)C3=O. The maximum Gasteiger partial charge on any atom is 0.336 e. The number of rotatable bonds is 2. The predicted octanol–water partition coefficient (Wildman–Crippen LogP) is 4.53. The summed E-state index contributed by atoms with van der Waals surface area (Å²) in [7, 11) is 0. The molecule has 27 heavy (non-hydrogen) atoms. The van der Waals surface area contributed by atoms with Gasteiger partial charge in [-0.25, -0.2) is 4.79 Å². The summed E-state index contributed by atoms with van der Waals surface area (Å²) in [4.78, 5) is 25.4. The van der Waals surface area contributed by atoms with Gasteiger partial charge < -0.3 is 13.9 Å². The number of carbonyl (C=O) groups excluding carboxylic acids is 1. The predicted molar refractivity (Wildman–Crippen MR) is 104 cm³/mol. The molecule has 0 aliphatic carbocycles. The van der Waals surface area contributed by atoms with Crippen molar-refractivity contribution in [1.82, 2.24) is 0 Å². The standard InChI is InChI=1S/C22H24O5/c1-6-7-13-10-15(23)26-21-16(13)20-14(8-9-22(4,5)27-20)19-17(21)18(24)11(2)12(3)25-19/h8-12H,6-7H2,1-5H3/t11-,12-/m0/s1. The zero-order valence-corrected chi connectivity index (χ0v) is 16.3. The average molecular weight is 368 g/mol. The Morgan fingerprint density at radius 2 is 1.89 bits per heavy atom. The van der Waals surface area contributed by atoms with Crippen molar-refractivity contribution in [3.63, 3.8) is 0 Å². The molecule has 1 aromatic heterocycles. The Morgan fingerprint density at radius 3 is 2.59 bits per heavy atom. The van der Waals surface area contributed by atoms with Crippen molar-refractivity contribution >= 4 is 22.8 Å². The smallest absolute Gasteiger partial charge is 0.336 e. The highest BCUT2D eigenvalue weighted by molar-refractivity contribution is 6.14. The Balaban J connectivity index is 2.18. The van der Waals surface area contributed by atoms with E-state index in [9.17, 15) is 9.59 Å². The molecule has 0 saturated heterocycles. The van der Waals surface area contributed by atoms with Crippen molar-refractivity contribution < 1.29 is 18.7 Å². The number of hydrogen-bond acceptors (Lipinski definition) is 5. The molecule has 0 unspecified atom stereocenters. The molecule has 142 valence electrons. The van der Waals surface area contributed by atoms with Gasteiger partial charge in [0.25, 0.3) is 0 Å². The van der Waals surface area contributed by atoms with Crippen molar-refractivity contribution in [3.05, 3.63) is 39.3 Å². The summed E-state index contributed by atoms with van der Waals surface area (Å²) >= 11 is 0. The highest BCUT2D eigenvalue weighted by atomic mass is 16.5. The first-order valence-electron chi connectivity index (χ1n) is 9.49. The van der Waals surface area contributed by atoms with Gasteiger partial charge in [-0.1, -0.05) is 20.3 Å². The van der Waals surface area contributed by atoms with E-state index in [1.807, 2.05) is 46.8 Å². The minimum Gasteiger partial charge on any atom is -0.488 e. The van der Waals surface area contributed by atoms with Gasteiger partial charge in [0.1, 0.15) is 28.8 Å². The molecule has 0 radical (unpaired) electrons. The lowest BCUT2D eigenvalue weighted by Crippen LogP contribution is -2.35. The third-order valence-corrected chi connectivity index (χ3v) is 5.42. The summed E-state index contributed by atoms with van der Waals surface area (Å²) in [5.41, 5.74) is 1.26. The molecular weight excluding hydrogens is 344 g/mol. The molecule has 5 nitrogen and oxygen atoms in total. The van der Waals surface area contributed by atoms with Gasteiger partial charge in [0, 0.05) is 6.07 Å². The molecule has 2 aliphatic rings. The third kappa shape index (κ3) is 2.68. The van der Waals surface area contributed by atoms with Gasteiger partial charge in [-0.15, -0.1) is 0 Å². The van der Waals surface area contributed by atoms with Gasteiger partial charge in [-0.05, 0) is 44.9 Å². The molecule has 0 spiro atoms. The van der Waals surface area contributed by atoms with Crippen molar-refractivity contribution in [2.45, 2.75) is 59.2 Å². The second kappa shape index (κ2) is 5.98. The number of fused-ring (bicyclic) bond motifs is 6. The monoisotopic (exact) mass is 368 g/mol. The Kier molecular flexibility index (Phi) is 3.95. The molecule has 0 bridgehead atoms. The molecule has 4 rings (SSSR count). The first-order valence-corrected chi connectivity index (χ1v) is 9.49. The number of Topliss-reactive ketones (excluding diaryl/α,β-unsaturated/α-hetero) is 1. The molecule has 3 heterocycles. The van der Waals surface area contributed by atoms with Crippen molar-refractivity contribution in [3.8, 4) is 11.5 Å². The van der Waals surface area contributed by atoms with Gasteiger partial charge in [0.2, 0.25) is 0 Å². The van der Waals surface area contributed by atoms with Gasteiger partial charge in [0.15, 0.2) is 11.4 Å². The normalized spacial score (nSPS) is 22.8. The fraction of sp³-hybridized carbons (Fsp3) is 0.455. The summed E-state index contributed by atoms with van der Waals surface area (Å²) in [6, 6.07) is 1.51. The number of hydrogen-bond donors (Lipinski definition) is 0. The van der Waals surface area contributed by atoms with E-state index in [1.165, 1.54) is 6.07 Å². The Hall–Kier alpha value is -2.56. The first kappa shape index (κ1) is 17.8. The largest absolute Gasteiger partial charge is 0.488 e. The van der Waals surface area contributed by atoms with E-state index in [0.717, 1.165) is 17.5 Å². The van der Waals surface area contributed by atoms with Crippen LogP contribution in [0.25, 0.3) is 17.0 Å². The molecule has 0 N–H and O–H groups in total. The van der Waals surface area contributed by atoms with E-state index in [2.05, 4.69) is 0 Å². The molecule has 1 aromatic carbocycles. The van der Waals surface area contributed by atoms with Crippen molar-refractivity contribution in [1.29, 1.82) is 0 Å². The Bertz CT molecular complexity index is 1040. The third-order valence-electron chi connectivity index (χ3n) is 5.42. The average Bonchev–Trinajstić information content (AvgIpc) is 2.58. The van der Waals surface area contributed by atoms with Crippen molar-refractivity contribution in [2.24, 2.45) is 5.92 Å². The van der Waals surface area contributed by atoms with Crippen LogP contribution < -0.4 is 15.1 Å². The van der Waals surface area contributed by atoms with Crippen LogP contribution in [0.4, 0.5) is 0 Å². The van der Waals surface area contributed by atoms with Crippen LogP contribution in [0.5, 0.6) is 11.5 Å². The fourth-order valence-corrected chi connectivity index (χ4v) is 3.82. The van der Waals surface area contributed by atoms with E-state index < -0.39 is 11.2 Å². The molecular formula is C22H24O5. The molecule has 0 saturated carbocycles. The van der Waals surface area contributed by atoms with E-state index in [1.54, 1.807) is 0 Å². The number of ether oxygens (including phenoxy) is 2. The quantitative estimate of drug-likeness (QED) is 0.729. The van der Waals surface area contributed by atoms with Gasteiger partial charge in [0.05, 0.1) is 16.9 Å². The summed E-state index contributed by atoms with van der Waals surface area (Å²) in [5.74, 6) is 0.699. The highest BCUT2D eigenvalue weighted by Gasteiger charge is 2.39. The summed E-state index contributed by atoms with van der Waals surface area (Å²) in [6.45, 7) is 9.70. The number of aryl methyl sites for hydroxylation is 1. The lowest BCUT2D eigenvalue weighted by atomic mass is 9.86. The maximum atomic E-state index is 13.1. The minimum absolute atomic E-state index is 0.0633. The molecule has 2 aromatic rings. The van der Waals surface area contributed by atoms with E-state index in [0.29, 0.717) is 28.9 Å². The second-order valence-electron chi connectivity index (χ2n) is 8.01. The zero-order chi connectivity index (χ0) is 19.5. The van der Waals surface area contributed by atoms with Crippen molar-refractivity contribution in [2.75, 3.05) is 0 Å². The van der Waals surface area contributed by atoms with E-state index in [-0.39, 0.29) is 23.4 Å². The van der Waals surface area contributed by atoms with Crippen LogP contribution in [0.15, 0.2) is 21.4 Å². The lowest BCUT2D eigenvalue weighted by molar-refractivity contribution is 0.0728. The number of carbonyl (C=O) groups is 1. The molecule has 5 heteroatoms. The summed E-state index contributed by atoms with van der Waals surface area (Å²) < 4.78 is 18.0. The fourth-order valence-electron chi connectivity index (χ4n) is 3.82. The Labute approximate surface area is 158 Å². The summed E-state index contributed by atoms with van der Waals surface area (Å²) in [6.07, 6.45) is 5.20. The van der Waals surface area contributed by atoms with E-state index >= 15 is 0 Å². The van der Waals surface area contributed by atoms with Crippen LogP contribution >= 0.6 is 0 Å². The maximum absolute atomic E-state index is 13.1. The topological polar surface area (TPSA) is 65.7 Å². The second-order valence-corrected chi connectivity index (χ2v) is 8.01. The summed E-state index contributed by atoms with van der Waals surface area (Å²) in [5, 5.41) is 0.710. The molecule has 2 atom stereocenters. The van der Waals surface area contributed by atoms with Crippen LogP contribution in [-0.2, 0) is 6.42 Å². The molecule has 0 fully saturated rings. The van der Waals surface area contributed by atoms with Gasteiger partial charge in [-0.3, -0.25) is 4.79 Å².